The third-order valence-corrected chi connectivity index (χ3v) is 4.23. The highest BCUT2D eigenvalue weighted by atomic mass is 19.4. The predicted molar refractivity (Wildman–Crippen MR) is 97.5 cm³/mol. The van der Waals surface area contributed by atoms with E-state index >= 15 is 0 Å². The molecule has 0 radical (unpaired) electrons. The monoisotopic (exact) mass is 462 g/mol. The van der Waals surface area contributed by atoms with Crippen molar-refractivity contribution in [2.75, 3.05) is 5.32 Å². The highest BCUT2D eigenvalue weighted by Crippen LogP contribution is 2.36. The molecule has 0 bridgehead atoms. The van der Waals surface area contributed by atoms with Crippen LogP contribution in [0.15, 0.2) is 41.2 Å². The molecule has 0 saturated carbocycles. The number of aliphatic hydroxyl groups is 1. The molecular weight excluding hydrogens is 446 g/mol. The van der Waals surface area contributed by atoms with Crippen LogP contribution in [0, 0.1) is 0 Å². The Kier molecular flexibility index (Phi) is 5.80. The van der Waals surface area contributed by atoms with Gasteiger partial charge in [-0.2, -0.15) is 31.4 Å². The van der Waals surface area contributed by atoms with Gasteiger partial charge in [-0.15, -0.1) is 0 Å². The van der Waals surface area contributed by atoms with E-state index in [0.717, 1.165) is 10.9 Å². The lowest BCUT2D eigenvalue weighted by molar-refractivity contribution is -0.143. The van der Waals surface area contributed by atoms with E-state index in [1.165, 1.54) is 26.1 Å². The van der Waals surface area contributed by atoms with Crippen LogP contribution in [0.3, 0.4) is 0 Å². The number of hydrogen-bond donors (Lipinski definition) is 2. The molecule has 1 amide bonds. The van der Waals surface area contributed by atoms with Crippen molar-refractivity contribution in [2.45, 2.75) is 38.3 Å². The summed E-state index contributed by atoms with van der Waals surface area (Å²) < 4.78 is 83.9. The van der Waals surface area contributed by atoms with Crippen molar-refractivity contribution in [2.24, 2.45) is 0 Å². The fourth-order valence-corrected chi connectivity index (χ4v) is 2.68. The number of aromatic nitrogens is 3. The van der Waals surface area contributed by atoms with Gasteiger partial charge in [-0.3, -0.25) is 9.48 Å². The van der Waals surface area contributed by atoms with Crippen molar-refractivity contribution in [3.8, 4) is 0 Å². The molecule has 0 aliphatic rings. The van der Waals surface area contributed by atoms with Gasteiger partial charge in [0.15, 0.2) is 11.5 Å². The molecule has 1 aromatic carbocycles. The third-order valence-electron chi connectivity index (χ3n) is 4.23. The molecule has 3 aromatic rings. The van der Waals surface area contributed by atoms with E-state index in [1.54, 1.807) is 0 Å². The minimum absolute atomic E-state index is 0.0398. The van der Waals surface area contributed by atoms with Gasteiger partial charge in [0, 0.05) is 12.3 Å². The number of anilines is 1. The molecule has 7 nitrogen and oxygen atoms in total. The van der Waals surface area contributed by atoms with Gasteiger partial charge in [0.25, 0.3) is 5.91 Å². The number of nitrogens with one attached hydrogen (secondary N) is 1. The molecule has 172 valence electrons. The molecule has 0 saturated heterocycles. The Morgan fingerprint density at radius 2 is 1.66 bits per heavy atom. The lowest BCUT2D eigenvalue weighted by atomic mass is 10.0. The maximum Gasteiger partial charge on any atom is 0.416 e. The van der Waals surface area contributed by atoms with Crippen LogP contribution >= 0.6 is 0 Å². The Bertz CT molecular complexity index is 1090. The fourth-order valence-electron chi connectivity index (χ4n) is 2.68. The van der Waals surface area contributed by atoms with Crippen molar-refractivity contribution in [3.05, 3.63) is 64.8 Å². The number of benzene rings is 1. The first kappa shape index (κ1) is 23.3. The van der Waals surface area contributed by atoms with Gasteiger partial charge in [0.2, 0.25) is 0 Å². The predicted octanol–water partition coefficient (Wildman–Crippen LogP) is 4.44. The van der Waals surface area contributed by atoms with Crippen LogP contribution < -0.4 is 5.32 Å². The molecule has 2 N–H and O–H groups in total. The van der Waals surface area contributed by atoms with Crippen molar-refractivity contribution >= 4 is 11.6 Å². The van der Waals surface area contributed by atoms with Crippen LogP contribution in [0.1, 0.15) is 46.8 Å². The van der Waals surface area contributed by atoms with E-state index in [1.807, 2.05) is 0 Å². The summed E-state index contributed by atoms with van der Waals surface area (Å²) in [6, 6.07) is 2.46. The zero-order valence-electron chi connectivity index (χ0n) is 16.5. The average molecular weight is 462 g/mol. The third kappa shape index (κ3) is 5.46. The summed E-state index contributed by atoms with van der Waals surface area (Å²) in [5.41, 5.74) is -4.54. The van der Waals surface area contributed by atoms with E-state index in [0.29, 0.717) is 12.1 Å². The number of hydrogen-bond acceptors (Lipinski definition) is 5. The van der Waals surface area contributed by atoms with E-state index in [4.69, 9.17) is 4.52 Å². The fraction of sp³-hybridized carbons (Fsp3) is 0.316. The maximum absolute atomic E-state index is 13.0. The summed E-state index contributed by atoms with van der Waals surface area (Å²) in [5.74, 6) is -0.675. The van der Waals surface area contributed by atoms with Gasteiger partial charge >= 0.3 is 12.4 Å². The molecule has 0 atom stereocenters. The van der Waals surface area contributed by atoms with Gasteiger partial charge in [-0.05, 0) is 37.6 Å². The van der Waals surface area contributed by atoms with E-state index in [2.05, 4.69) is 15.6 Å². The number of nitrogens with zero attached hydrogens (tertiary/aromatic N) is 3. The SMILES string of the molecule is CC(C)(O)c1cc(C(=O)Nc2cnn(Cc3cc(C(F)(F)F)cc(C(F)(F)F)c3)c2)no1. The topological polar surface area (TPSA) is 93.2 Å². The van der Waals surface area contributed by atoms with E-state index < -0.39 is 41.5 Å². The summed E-state index contributed by atoms with van der Waals surface area (Å²) in [5, 5.41) is 19.6. The first-order chi connectivity index (χ1) is 14.6. The Hall–Kier alpha value is -3.35. The Morgan fingerprint density at radius 1 is 1.06 bits per heavy atom. The molecule has 2 aromatic heterocycles. The minimum Gasteiger partial charge on any atom is -0.382 e. The lowest BCUT2D eigenvalue weighted by Crippen LogP contribution is -2.15. The number of halogens is 6. The van der Waals surface area contributed by atoms with E-state index in [9.17, 15) is 36.2 Å². The van der Waals surface area contributed by atoms with Gasteiger partial charge < -0.3 is 14.9 Å². The van der Waals surface area contributed by atoms with Crippen LogP contribution in [0.25, 0.3) is 0 Å². The lowest BCUT2D eigenvalue weighted by Gasteiger charge is -2.14. The Balaban J connectivity index is 1.78. The molecule has 32 heavy (non-hydrogen) atoms. The summed E-state index contributed by atoms with van der Waals surface area (Å²) in [7, 11) is 0. The summed E-state index contributed by atoms with van der Waals surface area (Å²) >= 11 is 0. The van der Waals surface area contributed by atoms with Gasteiger partial charge in [-0.25, -0.2) is 0 Å². The molecule has 2 heterocycles. The minimum atomic E-state index is -4.96. The number of carbonyl (C=O) groups excluding carboxylic acids is 1. The molecule has 0 spiro atoms. The Morgan fingerprint density at radius 3 is 2.16 bits per heavy atom. The number of carbonyl (C=O) groups is 1. The van der Waals surface area contributed by atoms with Crippen molar-refractivity contribution < 1.29 is 40.8 Å². The van der Waals surface area contributed by atoms with Gasteiger partial charge in [0.1, 0.15) is 5.60 Å². The second-order valence-corrected chi connectivity index (χ2v) is 7.43. The zero-order valence-corrected chi connectivity index (χ0v) is 16.5. The number of amides is 1. The molecule has 0 aliphatic heterocycles. The van der Waals surface area contributed by atoms with Crippen molar-refractivity contribution in [1.82, 2.24) is 14.9 Å². The first-order valence-electron chi connectivity index (χ1n) is 8.94. The molecule has 13 heteroatoms. The zero-order chi connectivity index (χ0) is 23.9. The molecule has 0 aliphatic carbocycles. The van der Waals surface area contributed by atoms with Crippen LogP contribution in [-0.4, -0.2) is 26.0 Å². The molecule has 0 unspecified atom stereocenters. The summed E-state index contributed by atoms with van der Waals surface area (Å²) in [6.07, 6.45) is -7.53. The van der Waals surface area contributed by atoms with Crippen molar-refractivity contribution in [1.29, 1.82) is 0 Å². The second-order valence-electron chi connectivity index (χ2n) is 7.43. The van der Waals surface area contributed by atoms with Crippen LogP contribution in [0.2, 0.25) is 0 Å². The first-order valence-corrected chi connectivity index (χ1v) is 8.94. The highest BCUT2D eigenvalue weighted by Gasteiger charge is 2.37. The summed E-state index contributed by atoms with van der Waals surface area (Å²) in [4.78, 5) is 12.2. The van der Waals surface area contributed by atoms with Crippen molar-refractivity contribution in [3.63, 3.8) is 0 Å². The van der Waals surface area contributed by atoms with Crippen LogP contribution in [0.5, 0.6) is 0 Å². The number of alkyl halides is 6. The standard InChI is InChI=1S/C19H16F6N4O3/c1-17(2,31)15-6-14(28-32-15)16(30)27-13-7-26-29(9-13)8-10-3-11(18(20,21)22)5-12(4-10)19(23,24)25/h3-7,9,31H,8H2,1-2H3,(H,27,30). The van der Waals surface area contributed by atoms with Gasteiger partial charge in [-0.1, -0.05) is 5.16 Å². The molecular formula is C19H16F6N4O3. The van der Waals surface area contributed by atoms with Crippen LogP contribution in [0.4, 0.5) is 32.0 Å². The normalized spacial score (nSPS) is 12.8. The largest absolute Gasteiger partial charge is 0.416 e. The smallest absolute Gasteiger partial charge is 0.382 e. The second kappa shape index (κ2) is 7.97. The average Bonchev–Trinajstić information content (AvgIpc) is 3.29. The van der Waals surface area contributed by atoms with E-state index in [-0.39, 0.29) is 28.8 Å². The summed E-state index contributed by atoms with van der Waals surface area (Å²) in [6.45, 7) is 2.45. The van der Waals surface area contributed by atoms with Crippen LogP contribution in [-0.2, 0) is 24.5 Å². The number of rotatable bonds is 5. The van der Waals surface area contributed by atoms with Gasteiger partial charge in [0.05, 0.1) is 29.6 Å². The quantitative estimate of drug-likeness (QED) is 0.547. The maximum atomic E-state index is 13.0. The Labute approximate surface area is 176 Å². The highest BCUT2D eigenvalue weighted by molar-refractivity contribution is 6.02. The molecule has 0 fully saturated rings. The molecule has 3 rings (SSSR count).